The maximum absolute atomic E-state index is 12.8. The van der Waals surface area contributed by atoms with Crippen molar-refractivity contribution in [3.63, 3.8) is 0 Å². The lowest BCUT2D eigenvalue weighted by Crippen LogP contribution is -2.21. The average molecular weight is 222 g/mol. The topological polar surface area (TPSA) is 75.0 Å². The van der Waals surface area contributed by atoms with Gasteiger partial charge in [0.1, 0.15) is 11.6 Å². The molecule has 82 valence electrons. The predicted molar refractivity (Wildman–Crippen MR) is 54.2 cm³/mol. The maximum Gasteiger partial charge on any atom is 0.325 e. The normalized spacial score (nSPS) is 10.1. The van der Waals surface area contributed by atoms with Crippen LogP contribution < -0.4 is 16.0 Å². The molecule has 0 radical (unpaired) electrons. The van der Waals surface area contributed by atoms with Crippen LogP contribution in [0.5, 0.6) is 11.5 Å². The van der Waals surface area contributed by atoms with Gasteiger partial charge in [-0.3, -0.25) is 9.78 Å². The van der Waals surface area contributed by atoms with E-state index in [0.29, 0.717) is 0 Å². The van der Waals surface area contributed by atoms with Crippen molar-refractivity contribution in [2.24, 2.45) is 0 Å². The zero-order valence-electron chi connectivity index (χ0n) is 7.99. The highest BCUT2D eigenvalue weighted by molar-refractivity contribution is 5.28. The molecular formula is C10H7FN2O3. The van der Waals surface area contributed by atoms with Gasteiger partial charge in [-0.1, -0.05) is 6.07 Å². The van der Waals surface area contributed by atoms with Crippen molar-refractivity contribution in [3.05, 3.63) is 57.1 Å². The third-order valence-corrected chi connectivity index (χ3v) is 1.81. The smallest absolute Gasteiger partial charge is 0.325 e. The third-order valence-electron chi connectivity index (χ3n) is 1.81. The lowest BCUT2D eigenvalue weighted by atomic mass is 10.3. The number of nitrogens with one attached hydrogen (secondary N) is 2. The second kappa shape index (κ2) is 4.01. The van der Waals surface area contributed by atoms with E-state index in [1.165, 1.54) is 18.2 Å². The zero-order chi connectivity index (χ0) is 11.5. The Morgan fingerprint density at radius 1 is 1.25 bits per heavy atom. The predicted octanol–water partition coefficient (Wildman–Crippen LogP) is 0.995. The Hall–Kier alpha value is -2.37. The summed E-state index contributed by atoms with van der Waals surface area (Å²) in [6.45, 7) is 0. The summed E-state index contributed by atoms with van der Waals surface area (Å²) in [7, 11) is 0. The van der Waals surface area contributed by atoms with E-state index in [-0.39, 0.29) is 11.5 Å². The van der Waals surface area contributed by atoms with E-state index >= 15 is 0 Å². The second-order valence-electron chi connectivity index (χ2n) is 3.00. The maximum atomic E-state index is 12.8. The molecule has 2 N–H and O–H groups in total. The van der Waals surface area contributed by atoms with Crippen molar-refractivity contribution in [1.82, 2.24) is 9.97 Å². The summed E-state index contributed by atoms with van der Waals surface area (Å²) in [5.41, 5.74) is -1.30. The van der Waals surface area contributed by atoms with Crippen molar-refractivity contribution in [2.45, 2.75) is 0 Å². The summed E-state index contributed by atoms with van der Waals surface area (Å²) in [5.74, 6) is -0.402. The highest BCUT2D eigenvalue weighted by Crippen LogP contribution is 2.17. The Kier molecular flexibility index (Phi) is 2.55. The van der Waals surface area contributed by atoms with Crippen molar-refractivity contribution in [3.8, 4) is 11.5 Å². The van der Waals surface area contributed by atoms with Crippen molar-refractivity contribution in [2.75, 3.05) is 0 Å². The molecule has 6 heteroatoms. The number of rotatable bonds is 2. The van der Waals surface area contributed by atoms with Gasteiger partial charge in [0.2, 0.25) is 5.75 Å². The van der Waals surface area contributed by atoms with E-state index in [9.17, 15) is 14.0 Å². The lowest BCUT2D eigenvalue weighted by molar-refractivity contribution is 0.465. The molecule has 0 unspecified atom stereocenters. The van der Waals surface area contributed by atoms with Gasteiger partial charge in [0.15, 0.2) is 0 Å². The van der Waals surface area contributed by atoms with E-state index in [0.717, 1.165) is 12.3 Å². The number of halogens is 1. The summed E-state index contributed by atoms with van der Waals surface area (Å²) < 4.78 is 17.9. The number of ether oxygens (including phenoxy) is 1. The molecule has 0 fully saturated rings. The van der Waals surface area contributed by atoms with E-state index < -0.39 is 17.1 Å². The van der Waals surface area contributed by atoms with E-state index in [4.69, 9.17) is 4.74 Å². The molecule has 0 saturated carbocycles. The fourth-order valence-electron chi connectivity index (χ4n) is 1.13. The van der Waals surface area contributed by atoms with E-state index in [1.54, 1.807) is 0 Å². The highest BCUT2D eigenvalue weighted by Gasteiger charge is 2.03. The van der Waals surface area contributed by atoms with Gasteiger partial charge in [-0.05, 0) is 12.1 Å². The van der Waals surface area contributed by atoms with Crippen LogP contribution in [0.25, 0.3) is 0 Å². The van der Waals surface area contributed by atoms with Gasteiger partial charge >= 0.3 is 5.69 Å². The first kappa shape index (κ1) is 10.2. The molecule has 0 aliphatic carbocycles. The number of hydrogen-bond donors (Lipinski definition) is 2. The van der Waals surface area contributed by atoms with Crippen molar-refractivity contribution < 1.29 is 9.13 Å². The van der Waals surface area contributed by atoms with Crippen LogP contribution >= 0.6 is 0 Å². The minimum atomic E-state index is -0.673. The molecule has 16 heavy (non-hydrogen) atoms. The molecule has 1 aromatic carbocycles. The quantitative estimate of drug-likeness (QED) is 0.795. The Labute approximate surface area is 88.5 Å². The first-order valence-corrected chi connectivity index (χ1v) is 4.40. The SMILES string of the molecule is O=c1[nH]cc(Oc2cccc(F)c2)c(=O)[nH]1. The molecule has 0 aliphatic rings. The third kappa shape index (κ3) is 2.17. The lowest BCUT2D eigenvalue weighted by Gasteiger charge is -2.03. The summed E-state index contributed by atoms with van der Waals surface area (Å²) in [5, 5.41) is 0. The molecule has 0 atom stereocenters. The van der Waals surface area contributed by atoms with Crippen LogP contribution in [0.4, 0.5) is 4.39 Å². The van der Waals surface area contributed by atoms with Crippen LogP contribution in [0.1, 0.15) is 0 Å². The van der Waals surface area contributed by atoms with Crippen LogP contribution in [0.3, 0.4) is 0 Å². The summed E-state index contributed by atoms with van der Waals surface area (Å²) in [4.78, 5) is 26.2. The van der Waals surface area contributed by atoms with Gasteiger partial charge in [-0.15, -0.1) is 0 Å². The molecule has 0 amide bonds. The average Bonchev–Trinajstić information content (AvgIpc) is 2.22. The number of hydrogen-bond acceptors (Lipinski definition) is 3. The number of benzene rings is 1. The first-order chi connectivity index (χ1) is 7.65. The Morgan fingerprint density at radius 2 is 2.06 bits per heavy atom. The molecule has 0 bridgehead atoms. The first-order valence-electron chi connectivity index (χ1n) is 4.40. The standard InChI is InChI=1S/C10H7FN2O3/c11-6-2-1-3-7(4-6)16-8-5-12-10(15)13-9(8)14/h1-5H,(H2,12,13,14,15). The fraction of sp³-hybridized carbons (Fsp3) is 0. The van der Waals surface area contributed by atoms with E-state index in [1.807, 2.05) is 4.98 Å². The minimum Gasteiger partial charge on any atom is -0.450 e. The Bertz CT molecular complexity index is 618. The van der Waals surface area contributed by atoms with Crippen LogP contribution in [0.15, 0.2) is 40.1 Å². The van der Waals surface area contributed by atoms with Gasteiger partial charge in [-0.2, -0.15) is 0 Å². The van der Waals surface area contributed by atoms with E-state index in [2.05, 4.69) is 4.98 Å². The second-order valence-corrected chi connectivity index (χ2v) is 3.00. The Balaban J connectivity index is 2.34. The van der Waals surface area contributed by atoms with Crippen LogP contribution in [-0.4, -0.2) is 9.97 Å². The molecule has 1 heterocycles. The van der Waals surface area contributed by atoms with Crippen LogP contribution in [-0.2, 0) is 0 Å². The number of aromatic amines is 2. The van der Waals surface area contributed by atoms with Crippen LogP contribution in [0, 0.1) is 5.82 Å². The van der Waals surface area contributed by atoms with Gasteiger partial charge in [-0.25, -0.2) is 9.18 Å². The molecule has 0 aliphatic heterocycles. The van der Waals surface area contributed by atoms with Crippen LogP contribution in [0.2, 0.25) is 0 Å². The molecule has 2 rings (SSSR count). The molecule has 5 nitrogen and oxygen atoms in total. The molecule has 2 aromatic rings. The van der Waals surface area contributed by atoms with Crippen molar-refractivity contribution in [1.29, 1.82) is 0 Å². The molecule has 0 saturated heterocycles. The number of H-pyrrole nitrogens is 2. The molecule has 0 spiro atoms. The number of aromatic nitrogens is 2. The van der Waals surface area contributed by atoms with Gasteiger partial charge in [0, 0.05) is 6.07 Å². The minimum absolute atomic E-state index is 0.106. The summed E-state index contributed by atoms with van der Waals surface area (Å²) in [6, 6.07) is 5.33. The summed E-state index contributed by atoms with van der Waals surface area (Å²) >= 11 is 0. The largest absolute Gasteiger partial charge is 0.450 e. The Morgan fingerprint density at radius 3 is 2.75 bits per heavy atom. The highest BCUT2D eigenvalue weighted by atomic mass is 19.1. The van der Waals surface area contributed by atoms with Gasteiger partial charge in [0.25, 0.3) is 5.56 Å². The summed E-state index contributed by atoms with van der Waals surface area (Å²) in [6.07, 6.45) is 1.12. The van der Waals surface area contributed by atoms with Gasteiger partial charge in [0.05, 0.1) is 6.20 Å². The molecular weight excluding hydrogens is 215 g/mol. The van der Waals surface area contributed by atoms with Crippen molar-refractivity contribution >= 4 is 0 Å². The van der Waals surface area contributed by atoms with Gasteiger partial charge < -0.3 is 9.72 Å². The zero-order valence-corrected chi connectivity index (χ0v) is 7.99. The fourth-order valence-corrected chi connectivity index (χ4v) is 1.13. The monoisotopic (exact) mass is 222 g/mol. The molecule has 1 aromatic heterocycles.